The molecule has 1 saturated carbocycles. The summed E-state index contributed by atoms with van der Waals surface area (Å²) in [6.45, 7) is 4.67. The number of carbonyl (C=O) groups excluding carboxylic acids is 1. The lowest BCUT2D eigenvalue weighted by atomic mass is 9.76. The van der Waals surface area contributed by atoms with Gasteiger partial charge in [0.15, 0.2) is 5.78 Å². The highest BCUT2D eigenvalue weighted by Gasteiger charge is 2.41. The molecule has 1 fully saturated rings. The molecule has 116 valence electrons. The third kappa shape index (κ3) is 4.13. The van der Waals surface area contributed by atoms with Crippen molar-refractivity contribution < 1.29 is 13.9 Å². The van der Waals surface area contributed by atoms with Crippen molar-refractivity contribution in [2.75, 3.05) is 6.61 Å². The van der Waals surface area contributed by atoms with Crippen molar-refractivity contribution in [3.63, 3.8) is 0 Å². The van der Waals surface area contributed by atoms with Gasteiger partial charge in [-0.25, -0.2) is 4.39 Å². The van der Waals surface area contributed by atoms with Crippen molar-refractivity contribution in [3.05, 3.63) is 34.1 Å². The third-order valence-electron chi connectivity index (χ3n) is 4.30. The predicted octanol–water partition coefficient (Wildman–Crippen LogP) is 4.69. The standard InChI is InChI=1S/C17H22BrFO2/c1-3-21-17(6-4-12(2)5-7-17)16(20)10-13-8-14(18)11-15(19)9-13/h8-9,11-12H,3-7,10H2,1-2H3. The van der Waals surface area contributed by atoms with Crippen LogP contribution in [0.25, 0.3) is 0 Å². The summed E-state index contributed by atoms with van der Waals surface area (Å²) in [5, 5.41) is 0. The summed E-state index contributed by atoms with van der Waals surface area (Å²) in [4.78, 5) is 12.7. The SMILES string of the molecule is CCOC1(C(=O)Cc2cc(F)cc(Br)c2)CCC(C)CC1. The smallest absolute Gasteiger partial charge is 0.168 e. The molecule has 0 radical (unpaired) electrons. The van der Waals surface area contributed by atoms with Crippen LogP contribution in [0.2, 0.25) is 0 Å². The van der Waals surface area contributed by atoms with E-state index in [2.05, 4.69) is 22.9 Å². The first-order valence-corrected chi connectivity index (χ1v) is 8.37. The van der Waals surface area contributed by atoms with Crippen LogP contribution in [-0.4, -0.2) is 18.0 Å². The Morgan fingerprint density at radius 1 is 1.38 bits per heavy atom. The van der Waals surface area contributed by atoms with Gasteiger partial charge in [-0.3, -0.25) is 4.79 Å². The summed E-state index contributed by atoms with van der Waals surface area (Å²) in [5.74, 6) is 0.401. The molecular weight excluding hydrogens is 335 g/mol. The van der Waals surface area contributed by atoms with Crippen LogP contribution in [0.5, 0.6) is 0 Å². The van der Waals surface area contributed by atoms with Crippen molar-refractivity contribution in [1.82, 2.24) is 0 Å². The van der Waals surface area contributed by atoms with Gasteiger partial charge in [-0.05, 0) is 62.3 Å². The summed E-state index contributed by atoms with van der Waals surface area (Å²) in [7, 11) is 0. The number of hydrogen-bond donors (Lipinski definition) is 0. The van der Waals surface area contributed by atoms with Crippen LogP contribution in [0.15, 0.2) is 22.7 Å². The average Bonchev–Trinajstić information content (AvgIpc) is 2.40. The summed E-state index contributed by atoms with van der Waals surface area (Å²) < 4.78 is 20.0. The van der Waals surface area contributed by atoms with Gasteiger partial charge in [0.25, 0.3) is 0 Å². The van der Waals surface area contributed by atoms with E-state index >= 15 is 0 Å². The zero-order valence-electron chi connectivity index (χ0n) is 12.6. The Balaban J connectivity index is 2.15. The minimum atomic E-state index is -0.667. The van der Waals surface area contributed by atoms with E-state index in [1.165, 1.54) is 12.1 Å². The minimum Gasteiger partial charge on any atom is -0.367 e. The molecule has 0 heterocycles. The van der Waals surface area contributed by atoms with Crippen LogP contribution in [-0.2, 0) is 16.0 Å². The molecule has 0 N–H and O–H groups in total. The number of ketones is 1. The first kappa shape index (κ1) is 16.6. The Bertz CT molecular complexity index is 487. The number of benzene rings is 1. The van der Waals surface area contributed by atoms with Gasteiger partial charge in [0.2, 0.25) is 0 Å². The summed E-state index contributed by atoms with van der Waals surface area (Å²) >= 11 is 3.27. The second-order valence-corrected chi connectivity index (χ2v) is 6.90. The minimum absolute atomic E-state index is 0.0775. The number of rotatable bonds is 5. The van der Waals surface area contributed by atoms with E-state index in [1.54, 1.807) is 6.07 Å². The number of carbonyl (C=O) groups is 1. The summed E-state index contributed by atoms with van der Waals surface area (Å²) in [6, 6.07) is 4.62. The molecule has 4 heteroatoms. The maximum absolute atomic E-state index is 13.4. The fourth-order valence-electron chi connectivity index (χ4n) is 3.07. The van der Waals surface area contributed by atoms with E-state index in [1.807, 2.05) is 6.92 Å². The highest BCUT2D eigenvalue weighted by Crippen LogP contribution is 2.36. The van der Waals surface area contributed by atoms with Crippen molar-refractivity contribution in [2.45, 2.75) is 51.6 Å². The maximum atomic E-state index is 13.4. The van der Waals surface area contributed by atoms with Gasteiger partial charge < -0.3 is 4.74 Å². The van der Waals surface area contributed by atoms with Gasteiger partial charge in [0.05, 0.1) is 0 Å². The molecule has 1 aromatic rings. The second kappa shape index (κ2) is 7.01. The van der Waals surface area contributed by atoms with E-state index in [0.29, 0.717) is 22.6 Å². The molecule has 0 aromatic heterocycles. The first-order chi connectivity index (χ1) is 9.95. The zero-order valence-corrected chi connectivity index (χ0v) is 14.2. The van der Waals surface area contributed by atoms with Crippen LogP contribution in [0.1, 0.15) is 45.1 Å². The lowest BCUT2D eigenvalue weighted by molar-refractivity contribution is -0.149. The van der Waals surface area contributed by atoms with E-state index in [0.717, 1.165) is 25.7 Å². The van der Waals surface area contributed by atoms with Crippen molar-refractivity contribution in [2.24, 2.45) is 5.92 Å². The van der Waals surface area contributed by atoms with Crippen LogP contribution >= 0.6 is 15.9 Å². The molecule has 21 heavy (non-hydrogen) atoms. The Morgan fingerprint density at radius 3 is 2.62 bits per heavy atom. The number of hydrogen-bond acceptors (Lipinski definition) is 2. The fourth-order valence-corrected chi connectivity index (χ4v) is 3.58. The highest BCUT2D eigenvalue weighted by atomic mass is 79.9. The van der Waals surface area contributed by atoms with E-state index in [4.69, 9.17) is 4.74 Å². The molecule has 0 atom stereocenters. The Kier molecular flexibility index (Phi) is 5.55. The summed E-state index contributed by atoms with van der Waals surface area (Å²) in [6.07, 6.45) is 3.80. The predicted molar refractivity (Wildman–Crippen MR) is 84.8 cm³/mol. The van der Waals surface area contributed by atoms with Crippen LogP contribution in [0, 0.1) is 11.7 Å². The van der Waals surface area contributed by atoms with Gasteiger partial charge in [-0.15, -0.1) is 0 Å². The number of ether oxygens (including phenoxy) is 1. The van der Waals surface area contributed by atoms with E-state index in [-0.39, 0.29) is 18.0 Å². The zero-order chi connectivity index (χ0) is 15.5. The normalized spacial score (nSPS) is 25.8. The molecule has 1 aliphatic rings. The Labute approximate surface area is 134 Å². The molecule has 0 saturated heterocycles. The summed E-state index contributed by atoms with van der Waals surface area (Å²) in [5.41, 5.74) is 0.0321. The topological polar surface area (TPSA) is 26.3 Å². The lowest BCUT2D eigenvalue weighted by Crippen LogP contribution is -2.45. The molecule has 0 spiro atoms. The molecule has 2 rings (SSSR count). The van der Waals surface area contributed by atoms with Crippen LogP contribution < -0.4 is 0 Å². The van der Waals surface area contributed by atoms with Gasteiger partial charge in [-0.1, -0.05) is 22.9 Å². The van der Waals surface area contributed by atoms with E-state index in [9.17, 15) is 9.18 Å². The van der Waals surface area contributed by atoms with E-state index < -0.39 is 5.60 Å². The molecule has 0 aliphatic heterocycles. The molecule has 1 aromatic carbocycles. The quantitative estimate of drug-likeness (QED) is 0.765. The second-order valence-electron chi connectivity index (χ2n) is 5.99. The monoisotopic (exact) mass is 356 g/mol. The highest BCUT2D eigenvalue weighted by molar-refractivity contribution is 9.10. The molecule has 1 aliphatic carbocycles. The molecule has 2 nitrogen and oxygen atoms in total. The first-order valence-electron chi connectivity index (χ1n) is 7.57. The van der Waals surface area contributed by atoms with Crippen molar-refractivity contribution in [1.29, 1.82) is 0 Å². The van der Waals surface area contributed by atoms with Gasteiger partial charge in [-0.2, -0.15) is 0 Å². The average molecular weight is 357 g/mol. The van der Waals surface area contributed by atoms with Gasteiger partial charge in [0, 0.05) is 17.5 Å². The van der Waals surface area contributed by atoms with Crippen LogP contribution in [0.3, 0.4) is 0 Å². The largest absolute Gasteiger partial charge is 0.367 e. The van der Waals surface area contributed by atoms with Crippen molar-refractivity contribution >= 4 is 21.7 Å². The van der Waals surface area contributed by atoms with Crippen LogP contribution in [0.4, 0.5) is 4.39 Å². The molecule has 0 amide bonds. The third-order valence-corrected chi connectivity index (χ3v) is 4.76. The molecule has 0 unspecified atom stereocenters. The van der Waals surface area contributed by atoms with Gasteiger partial charge in [0.1, 0.15) is 11.4 Å². The van der Waals surface area contributed by atoms with Gasteiger partial charge >= 0.3 is 0 Å². The molecule has 0 bridgehead atoms. The maximum Gasteiger partial charge on any atom is 0.168 e. The Morgan fingerprint density at radius 2 is 2.05 bits per heavy atom. The fraction of sp³-hybridized carbons (Fsp3) is 0.588. The Hall–Kier alpha value is -0.740. The number of halogens is 2. The van der Waals surface area contributed by atoms with Crippen molar-refractivity contribution in [3.8, 4) is 0 Å². The molecular formula is C17H22BrFO2. The number of Topliss-reactive ketones (excluding diaryl/α,β-unsaturated/α-hetero) is 1. The lowest BCUT2D eigenvalue weighted by Gasteiger charge is -2.38.